The molecule has 2 N–H and O–H groups in total. The molecule has 9 heteroatoms. The van der Waals surface area contributed by atoms with Crippen LogP contribution in [0.5, 0.6) is 0 Å². The summed E-state index contributed by atoms with van der Waals surface area (Å²) in [6.07, 6.45) is 1.54. The van der Waals surface area contributed by atoms with Gasteiger partial charge >= 0.3 is 5.97 Å². The van der Waals surface area contributed by atoms with Crippen molar-refractivity contribution in [2.75, 3.05) is 0 Å². The molecule has 0 aliphatic carbocycles. The molecule has 0 radical (unpaired) electrons. The van der Waals surface area contributed by atoms with Gasteiger partial charge in [-0.2, -0.15) is 5.10 Å². The van der Waals surface area contributed by atoms with E-state index in [-0.39, 0.29) is 10.6 Å². The Morgan fingerprint density at radius 3 is 1.97 bits per heavy atom. The van der Waals surface area contributed by atoms with Crippen LogP contribution in [-0.4, -0.2) is 32.3 Å². The van der Waals surface area contributed by atoms with Gasteiger partial charge in [-0.3, -0.25) is 4.79 Å². The number of carboxylic acid groups (broad SMARTS) is 1. The maximum absolute atomic E-state index is 12.9. The quantitative estimate of drug-likeness (QED) is 0.231. The highest BCUT2D eigenvalue weighted by Gasteiger charge is 2.15. The SMILES string of the molecule is Cc1ccc(C)n1-c1ccc(Cl)c(C(=O)NN=Cc2cc(C)n(-c3ccc(Cl)c(C(=O)O)c3)c2C)c1. The largest absolute Gasteiger partial charge is 0.478 e. The Kier molecular flexibility index (Phi) is 7.06. The fourth-order valence-corrected chi connectivity index (χ4v) is 4.66. The predicted molar refractivity (Wildman–Crippen MR) is 143 cm³/mol. The Morgan fingerprint density at radius 2 is 1.36 bits per heavy atom. The average molecular weight is 523 g/mol. The van der Waals surface area contributed by atoms with Gasteiger partial charge in [0.2, 0.25) is 0 Å². The first-order valence-electron chi connectivity index (χ1n) is 11.1. The Bertz CT molecular complexity index is 1510. The summed E-state index contributed by atoms with van der Waals surface area (Å²) in [7, 11) is 0. The highest BCUT2D eigenvalue weighted by Crippen LogP contribution is 2.25. The Morgan fingerprint density at radius 1 is 0.806 bits per heavy atom. The molecule has 0 bridgehead atoms. The topological polar surface area (TPSA) is 88.6 Å². The summed E-state index contributed by atoms with van der Waals surface area (Å²) >= 11 is 12.3. The lowest BCUT2D eigenvalue weighted by molar-refractivity contribution is 0.0696. The van der Waals surface area contributed by atoms with Gasteiger partial charge in [0.05, 0.1) is 27.4 Å². The van der Waals surface area contributed by atoms with Gasteiger partial charge in [0.15, 0.2) is 0 Å². The number of carbonyl (C=O) groups is 2. The summed E-state index contributed by atoms with van der Waals surface area (Å²) < 4.78 is 3.94. The molecular weight excluding hydrogens is 499 g/mol. The van der Waals surface area contributed by atoms with Crippen molar-refractivity contribution in [3.63, 3.8) is 0 Å². The van der Waals surface area contributed by atoms with Gasteiger partial charge in [-0.15, -0.1) is 0 Å². The van der Waals surface area contributed by atoms with E-state index in [0.29, 0.717) is 16.3 Å². The number of benzene rings is 2. The molecule has 0 aliphatic heterocycles. The van der Waals surface area contributed by atoms with Gasteiger partial charge in [-0.25, -0.2) is 10.2 Å². The number of amides is 1. The van der Waals surface area contributed by atoms with Crippen molar-refractivity contribution in [3.8, 4) is 11.4 Å². The Hall–Kier alpha value is -3.81. The summed E-state index contributed by atoms with van der Waals surface area (Å²) in [5.74, 6) is -1.53. The molecule has 4 rings (SSSR count). The third-order valence-electron chi connectivity index (χ3n) is 6.00. The number of aryl methyl sites for hydroxylation is 3. The van der Waals surface area contributed by atoms with Crippen LogP contribution < -0.4 is 5.43 Å². The average Bonchev–Trinajstić information content (AvgIpc) is 3.31. The molecule has 36 heavy (non-hydrogen) atoms. The van der Waals surface area contributed by atoms with Crippen molar-refractivity contribution in [3.05, 3.63) is 104 Å². The number of rotatable bonds is 6. The number of halogens is 2. The lowest BCUT2D eigenvalue weighted by Crippen LogP contribution is -2.18. The van der Waals surface area contributed by atoms with Crippen molar-refractivity contribution < 1.29 is 14.7 Å². The summed E-state index contributed by atoms with van der Waals surface area (Å²) in [5.41, 5.74) is 8.92. The standard InChI is InChI=1S/C27H24Cl2N4O3/c1-15-5-6-16(2)32(15)20-7-9-24(28)22(12-20)26(34)31-30-14-19-11-17(3)33(18(19)4)21-8-10-25(29)23(13-21)27(35)36/h5-14H,1-4H3,(H,31,34)(H,35,36). The number of aromatic carboxylic acids is 1. The Labute approximate surface area is 218 Å². The molecule has 184 valence electrons. The first-order valence-corrected chi connectivity index (χ1v) is 11.8. The third-order valence-corrected chi connectivity index (χ3v) is 6.66. The minimum atomic E-state index is -1.10. The Balaban J connectivity index is 1.57. The molecule has 0 saturated heterocycles. The first-order chi connectivity index (χ1) is 17.1. The second kappa shape index (κ2) is 10.0. The molecule has 0 spiro atoms. The van der Waals surface area contributed by atoms with Crippen LogP contribution in [0.3, 0.4) is 0 Å². The number of carboxylic acids is 1. The lowest BCUT2D eigenvalue weighted by atomic mass is 10.2. The minimum absolute atomic E-state index is 0.0218. The number of hydrogen-bond donors (Lipinski definition) is 2. The number of carbonyl (C=O) groups excluding carboxylic acids is 1. The number of hydrogen-bond acceptors (Lipinski definition) is 3. The van der Waals surface area contributed by atoms with Gasteiger partial charge in [0.25, 0.3) is 5.91 Å². The van der Waals surface area contributed by atoms with Crippen molar-refractivity contribution in [2.24, 2.45) is 5.10 Å². The first kappa shape index (κ1) is 25.3. The maximum Gasteiger partial charge on any atom is 0.337 e. The van der Waals surface area contributed by atoms with E-state index < -0.39 is 11.9 Å². The molecule has 2 heterocycles. The number of hydrazone groups is 1. The third kappa shape index (κ3) is 4.80. The van der Waals surface area contributed by atoms with Crippen LogP contribution in [0, 0.1) is 27.7 Å². The molecule has 2 aromatic carbocycles. The highest BCUT2D eigenvalue weighted by molar-refractivity contribution is 6.34. The zero-order valence-electron chi connectivity index (χ0n) is 20.1. The number of nitrogens with zero attached hydrogens (tertiary/aromatic N) is 3. The monoisotopic (exact) mass is 522 g/mol. The minimum Gasteiger partial charge on any atom is -0.478 e. The van der Waals surface area contributed by atoms with Gasteiger partial charge in [-0.1, -0.05) is 23.2 Å². The highest BCUT2D eigenvalue weighted by atomic mass is 35.5. The van der Waals surface area contributed by atoms with Crippen LogP contribution in [0.4, 0.5) is 0 Å². The van der Waals surface area contributed by atoms with Crippen LogP contribution >= 0.6 is 23.2 Å². The van der Waals surface area contributed by atoms with Crippen molar-refractivity contribution in [1.82, 2.24) is 14.6 Å². The second-order valence-corrected chi connectivity index (χ2v) is 9.26. The fraction of sp³-hybridized carbons (Fsp3) is 0.148. The molecule has 1 amide bonds. The van der Waals surface area contributed by atoms with Crippen molar-refractivity contribution in [2.45, 2.75) is 27.7 Å². The number of aromatic nitrogens is 2. The molecule has 0 unspecified atom stereocenters. The smallest absolute Gasteiger partial charge is 0.337 e. The van der Waals surface area contributed by atoms with Crippen LogP contribution in [0.15, 0.2) is 59.7 Å². The zero-order valence-corrected chi connectivity index (χ0v) is 21.6. The van der Waals surface area contributed by atoms with Crippen molar-refractivity contribution >= 4 is 41.3 Å². The van der Waals surface area contributed by atoms with Gasteiger partial charge in [-0.05, 0) is 82.3 Å². The molecule has 0 atom stereocenters. The fourth-order valence-electron chi connectivity index (χ4n) is 4.25. The molecule has 0 aliphatic rings. The molecular formula is C27H24Cl2N4O3. The summed E-state index contributed by atoms with van der Waals surface area (Å²) in [4.78, 5) is 24.3. The van der Waals surface area contributed by atoms with Gasteiger partial charge in [0, 0.05) is 39.7 Å². The van der Waals surface area contributed by atoms with E-state index >= 15 is 0 Å². The van der Waals surface area contributed by atoms with Crippen LogP contribution in [0.25, 0.3) is 11.4 Å². The van der Waals surface area contributed by atoms with E-state index in [1.807, 2.05) is 61.1 Å². The maximum atomic E-state index is 12.9. The van der Waals surface area contributed by atoms with Crippen LogP contribution in [-0.2, 0) is 0 Å². The molecule has 0 fully saturated rings. The zero-order chi connectivity index (χ0) is 26.1. The summed E-state index contributed by atoms with van der Waals surface area (Å²) in [5, 5.41) is 14.0. The van der Waals surface area contributed by atoms with Gasteiger partial charge < -0.3 is 14.2 Å². The van der Waals surface area contributed by atoms with Gasteiger partial charge in [0.1, 0.15) is 0 Å². The summed E-state index contributed by atoms with van der Waals surface area (Å²) in [6.45, 7) is 7.77. The van der Waals surface area contributed by atoms with Crippen LogP contribution in [0.1, 0.15) is 49.1 Å². The predicted octanol–water partition coefficient (Wildman–Crippen LogP) is 6.27. The molecule has 4 aromatic rings. The number of nitrogens with one attached hydrogen (secondary N) is 1. The van der Waals surface area contributed by atoms with E-state index in [2.05, 4.69) is 10.5 Å². The molecule has 7 nitrogen and oxygen atoms in total. The van der Waals surface area contributed by atoms with E-state index in [0.717, 1.165) is 34.0 Å². The lowest BCUT2D eigenvalue weighted by Gasteiger charge is -2.12. The van der Waals surface area contributed by atoms with E-state index in [1.54, 1.807) is 30.5 Å². The van der Waals surface area contributed by atoms with Crippen LogP contribution in [0.2, 0.25) is 10.0 Å². The van der Waals surface area contributed by atoms with E-state index in [1.165, 1.54) is 6.07 Å². The molecule has 2 aromatic heterocycles. The van der Waals surface area contributed by atoms with E-state index in [9.17, 15) is 14.7 Å². The van der Waals surface area contributed by atoms with E-state index in [4.69, 9.17) is 23.2 Å². The molecule has 0 saturated carbocycles. The second-order valence-electron chi connectivity index (χ2n) is 8.45. The summed E-state index contributed by atoms with van der Waals surface area (Å²) in [6, 6.07) is 16.0. The normalized spacial score (nSPS) is 11.3. The van der Waals surface area contributed by atoms with Crippen molar-refractivity contribution in [1.29, 1.82) is 0 Å².